The second kappa shape index (κ2) is 9.32. The Hall–Kier alpha value is -3.02. The maximum atomic E-state index is 11.8. The monoisotopic (exact) mass is 343 g/mol. The summed E-state index contributed by atoms with van der Waals surface area (Å²) < 4.78 is 11.2. The lowest BCUT2D eigenvalue weighted by molar-refractivity contribution is -0.142. The van der Waals surface area contributed by atoms with Gasteiger partial charge in [0, 0.05) is 0 Å². The molecule has 0 aliphatic carbocycles. The third kappa shape index (κ3) is 5.84. The molecule has 0 radical (unpaired) electrons. The number of aliphatic carboxylic acids is 1. The van der Waals surface area contributed by atoms with Gasteiger partial charge in [-0.05, 0) is 24.1 Å². The summed E-state index contributed by atoms with van der Waals surface area (Å²) in [5, 5.41) is 11.4. The van der Waals surface area contributed by atoms with Gasteiger partial charge in [-0.1, -0.05) is 49.4 Å². The van der Waals surface area contributed by atoms with Gasteiger partial charge in [0.25, 0.3) is 5.91 Å². The van der Waals surface area contributed by atoms with E-state index < -0.39 is 17.9 Å². The van der Waals surface area contributed by atoms with Crippen molar-refractivity contribution in [1.82, 2.24) is 5.32 Å². The van der Waals surface area contributed by atoms with Gasteiger partial charge in [-0.25, -0.2) is 4.79 Å². The standard InChI is InChI=1S/C19H21NO5/c1-2-15(19(22)23)20-18(21)13-25-17-11-7-6-10-16(17)24-12-14-8-4-3-5-9-14/h3-11,15H,2,12-13H2,1H3,(H,20,21)(H,22,23). The van der Waals surface area contributed by atoms with Crippen LogP contribution in [0.3, 0.4) is 0 Å². The van der Waals surface area contributed by atoms with Crippen molar-refractivity contribution in [3.05, 3.63) is 60.2 Å². The highest BCUT2D eigenvalue weighted by atomic mass is 16.5. The minimum Gasteiger partial charge on any atom is -0.485 e. The molecule has 1 unspecified atom stereocenters. The zero-order chi connectivity index (χ0) is 18.1. The van der Waals surface area contributed by atoms with Crippen LogP contribution in [0.2, 0.25) is 0 Å². The summed E-state index contributed by atoms with van der Waals surface area (Å²) in [6.07, 6.45) is 0.303. The van der Waals surface area contributed by atoms with Crippen molar-refractivity contribution in [3.63, 3.8) is 0 Å². The van der Waals surface area contributed by atoms with Crippen LogP contribution < -0.4 is 14.8 Å². The molecule has 0 saturated heterocycles. The number of rotatable bonds is 9. The number of nitrogens with one attached hydrogen (secondary N) is 1. The van der Waals surface area contributed by atoms with E-state index in [0.29, 0.717) is 24.5 Å². The predicted molar refractivity (Wildman–Crippen MR) is 92.6 cm³/mol. The highest BCUT2D eigenvalue weighted by molar-refractivity contribution is 5.84. The summed E-state index contributed by atoms with van der Waals surface area (Å²) in [5.41, 5.74) is 1.02. The van der Waals surface area contributed by atoms with Gasteiger partial charge in [-0.2, -0.15) is 0 Å². The topological polar surface area (TPSA) is 84.9 Å². The van der Waals surface area contributed by atoms with E-state index in [1.807, 2.05) is 36.4 Å². The summed E-state index contributed by atoms with van der Waals surface area (Å²) in [6.45, 7) is 1.78. The van der Waals surface area contributed by atoms with Crippen molar-refractivity contribution < 1.29 is 24.2 Å². The molecule has 0 fully saturated rings. The first-order valence-electron chi connectivity index (χ1n) is 8.01. The summed E-state index contributed by atoms with van der Waals surface area (Å²) in [7, 11) is 0. The van der Waals surface area contributed by atoms with Crippen molar-refractivity contribution in [2.75, 3.05) is 6.61 Å². The zero-order valence-electron chi connectivity index (χ0n) is 14.0. The molecule has 0 bridgehead atoms. The number of para-hydroxylation sites is 2. The second-order valence-electron chi connectivity index (χ2n) is 5.38. The lowest BCUT2D eigenvalue weighted by atomic mass is 10.2. The molecule has 0 aliphatic rings. The van der Waals surface area contributed by atoms with Crippen molar-refractivity contribution in [2.24, 2.45) is 0 Å². The molecular formula is C19H21NO5. The Labute approximate surface area is 146 Å². The molecule has 0 aromatic heterocycles. The first-order valence-corrected chi connectivity index (χ1v) is 8.01. The van der Waals surface area contributed by atoms with Crippen LogP contribution in [0.4, 0.5) is 0 Å². The molecule has 0 aliphatic heterocycles. The van der Waals surface area contributed by atoms with E-state index in [1.165, 1.54) is 0 Å². The molecule has 6 heteroatoms. The number of carboxylic acid groups (broad SMARTS) is 1. The van der Waals surface area contributed by atoms with Gasteiger partial charge in [-0.15, -0.1) is 0 Å². The van der Waals surface area contributed by atoms with E-state index in [-0.39, 0.29) is 6.61 Å². The number of ether oxygens (including phenoxy) is 2. The van der Waals surface area contributed by atoms with Crippen LogP contribution in [0.1, 0.15) is 18.9 Å². The number of carboxylic acids is 1. The van der Waals surface area contributed by atoms with Crippen molar-refractivity contribution in [1.29, 1.82) is 0 Å². The van der Waals surface area contributed by atoms with Gasteiger partial charge < -0.3 is 19.9 Å². The molecule has 2 aromatic rings. The van der Waals surface area contributed by atoms with E-state index in [1.54, 1.807) is 25.1 Å². The molecule has 1 amide bonds. The molecule has 2 N–H and O–H groups in total. The fraction of sp³-hybridized carbons (Fsp3) is 0.263. The Morgan fingerprint density at radius 2 is 1.60 bits per heavy atom. The predicted octanol–water partition coefficient (Wildman–Crippen LogP) is 2.62. The number of hydrogen-bond donors (Lipinski definition) is 2. The van der Waals surface area contributed by atoms with Gasteiger partial charge in [0.2, 0.25) is 0 Å². The molecular weight excluding hydrogens is 322 g/mol. The Kier molecular flexibility index (Phi) is 6.83. The number of carbonyl (C=O) groups is 2. The molecule has 0 spiro atoms. The second-order valence-corrected chi connectivity index (χ2v) is 5.38. The quantitative estimate of drug-likeness (QED) is 0.731. The van der Waals surface area contributed by atoms with Crippen LogP contribution in [0, 0.1) is 0 Å². The first-order chi connectivity index (χ1) is 12.1. The Balaban J connectivity index is 1.91. The van der Waals surface area contributed by atoms with E-state index >= 15 is 0 Å². The summed E-state index contributed by atoms with van der Waals surface area (Å²) in [5.74, 6) is -0.615. The summed E-state index contributed by atoms with van der Waals surface area (Å²) in [4.78, 5) is 22.8. The molecule has 0 saturated carbocycles. The molecule has 2 rings (SSSR count). The smallest absolute Gasteiger partial charge is 0.326 e. The molecule has 2 aromatic carbocycles. The molecule has 6 nitrogen and oxygen atoms in total. The fourth-order valence-corrected chi connectivity index (χ4v) is 2.14. The Morgan fingerprint density at radius 1 is 1.00 bits per heavy atom. The van der Waals surface area contributed by atoms with Gasteiger partial charge in [-0.3, -0.25) is 4.79 Å². The average molecular weight is 343 g/mol. The van der Waals surface area contributed by atoms with E-state index in [4.69, 9.17) is 14.6 Å². The SMILES string of the molecule is CCC(NC(=O)COc1ccccc1OCc1ccccc1)C(=O)O. The maximum absolute atomic E-state index is 11.8. The third-order valence-corrected chi connectivity index (χ3v) is 3.49. The summed E-state index contributed by atoms with van der Waals surface area (Å²) >= 11 is 0. The highest BCUT2D eigenvalue weighted by Crippen LogP contribution is 2.27. The van der Waals surface area contributed by atoms with Crippen LogP contribution in [0.15, 0.2) is 54.6 Å². The number of carbonyl (C=O) groups excluding carboxylic acids is 1. The summed E-state index contributed by atoms with van der Waals surface area (Å²) in [6, 6.07) is 15.8. The Morgan fingerprint density at radius 3 is 2.20 bits per heavy atom. The first kappa shape index (κ1) is 18.3. The van der Waals surface area contributed by atoms with Crippen molar-refractivity contribution >= 4 is 11.9 Å². The number of amides is 1. The lowest BCUT2D eigenvalue weighted by Gasteiger charge is -2.14. The van der Waals surface area contributed by atoms with E-state index in [0.717, 1.165) is 5.56 Å². The van der Waals surface area contributed by atoms with Gasteiger partial charge in [0.1, 0.15) is 12.6 Å². The van der Waals surface area contributed by atoms with Crippen LogP contribution >= 0.6 is 0 Å². The third-order valence-electron chi connectivity index (χ3n) is 3.49. The number of benzene rings is 2. The molecule has 0 heterocycles. The van der Waals surface area contributed by atoms with E-state index in [9.17, 15) is 9.59 Å². The van der Waals surface area contributed by atoms with Crippen molar-refractivity contribution in [3.8, 4) is 11.5 Å². The van der Waals surface area contributed by atoms with Crippen LogP contribution in [-0.2, 0) is 16.2 Å². The molecule has 132 valence electrons. The van der Waals surface area contributed by atoms with E-state index in [2.05, 4.69) is 5.32 Å². The normalized spacial score (nSPS) is 11.4. The minimum absolute atomic E-state index is 0.282. The fourth-order valence-electron chi connectivity index (χ4n) is 2.14. The van der Waals surface area contributed by atoms with Gasteiger partial charge in [0.15, 0.2) is 18.1 Å². The van der Waals surface area contributed by atoms with Crippen LogP contribution in [0.5, 0.6) is 11.5 Å². The van der Waals surface area contributed by atoms with Crippen LogP contribution in [0.25, 0.3) is 0 Å². The molecule has 1 atom stereocenters. The van der Waals surface area contributed by atoms with Crippen LogP contribution in [-0.4, -0.2) is 29.6 Å². The average Bonchev–Trinajstić information content (AvgIpc) is 2.64. The van der Waals surface area contributed by atoms with Crippen molar-refractivity contribution in [2.45, 2.75) is 26.0 Å². The zero-order valence-corrected chi connectivity index (χ0v) is 14.0. The number of hydrogen-bond acceptors (Lipinski definition) is 4. The lowest BCUT2D eigenvalue weighted by Crippen LogP contribution is -2.42. The van der Waals surface area contributed by atoms with Gasteiger partial charge in [0.05, 0.1) is 0 Å². The maximum Gasteiger partial charge on any atom is 0.326 e. The largest absolute Gasteiger partial charge is 0.485 e. The Bertz CT molecular complexity index is 702. The van der Waals surface area contributed by atoms with Gasteiger partial charge >= 0.3 is 5.97 Å². The highest BCUT2D eigenvalue weighted by Gasteiger charge is 2.18. The molecule has 25 heavy (non-hydrogen) atoms. The minimum atomic E-state index is -1.07.